The average molecular weight is 277 g/mol. The third kappa shape index (κ3) is 4.85. The van der Waals surface area contributed by atoms with E-state index in [4.69, 9.17) is 9.47 Å². The van der Waals surface area contributed by atoms with Crippen LogP contribution in [0, 0.1) is 0 Å². The number of rotatable bonds is 6. The van der Waals surface area contributed by atoms with E-state index in [9.17, 15) is 4.79 Å². The Bertz CT molecular complexity index is 410. The van der Waals surface area contributed by atoms with Crippen molar-refractivity contribution in [3.8, 4) is 5.75 Å². The molecule has 1 saturated heterocycles. The Labute approximate surface area is 120 Å². The first-order chi connectivity index (χ1) is 9.78. The van der Waals surface area contributed by atoms with Crippen molar-refractivity contribution in [1.29, 1.82) is 0 Å². The van der Waals surface area contributed by atoms with E-state index in [1.165, 1.54) is 12.0 Å². The van der Waals surface area contributed by atoms with Crippen LogP contribution in [0.15, 0.2) is 24.3 Å². The smallest absolute Gasteiger partial charge is 0.222 e. The van der Waals surface area contributed by atoms with Gasteiger partial charge in [0.25, 0.3) is 0 Å². The number of nitrogens with one attached hydrogen (secondary N) is 1. The van der Waals surface area contributed by atoms with Gasteiger partial charge >= 0.3 is 0 Å². The van der Waals surface area contributed by atoms with Gasteiger partial charge in [-0.25, -0.2) is 0 Å². The Morgan fingerprint density at radius 1 is 1.35 bits per heavy atom. The molecule has 1 aliphatic heterocycles. The second kappa shape index (κ2) is 7.90. The van der Waals surface area contributed by atoms with Gasteiger partial charge in [-0.1, -0.05) is 12.1 Å². The van der Waals surface area contributed by atoms with Crippen molar-refractivity contribution < 1.29 is 14.3 Å². The number of hydrogen-bond acceptors (Lipinski definition) is 3. The predicted molar refractivity (Wildman–Crippen MR) is 77.9 cm³/mol. The van der Waals surface area contributed by atoms with Crippen molar-refractivity contribution in [2.45, 2.75) is 38.2 Å². The maximum atomic E-state index is 11.8. The largest absolute Gasteiger partial charge is 0.497 e. The molecular weight excluding hydrogens is 254 g/mol. The van der Waals surface area contributed by atoms with Gasteiger partial charge in [0, 0.05) is 13.2 Å². The van der Waals surface area contributed by atoms with Gasteiger partial charge in [-0.15, -0.1) is 0 Å². The molecule has 1 aromatic rings. The fraction of sp³-hybridized carbons (Fsp3) is 0.562. The number of benzene rings is 1. The molecule has 0 aromatic heterocycles. The number of methoxy groups -OCH3 is 1. The highest BCUT2D eigenvalue weighted by Crippen LogP contribution is 2.15. The van der Waals surface area contributed by atoms with E-state index in [0.717, 1.165) is 31.6 Å². The summed E-state index contributed by atoms with van der Waals surface area (Å²) in [5.41, 5.74) is 1.19. The Kier molecular flexibility index (Phi) is 5.87. The topological polar surface area (TPSA) is 47.6 Å². The molecule has 1 heterocycles. The van der Waals surface area contributed by atoms with Crippen LogP contribution in [0.4, 0.5) is 0 Å². The molecule has 4 heteroatoms. The van der Waals surface area contributed by atoms with Gasteiger partial charge in [0.15, 0.2) is 0 Å². The number of ether oxygens (including phenoxy) is 2. The molecule has 1 amide bonds. The Hall–Kier alpha value is -1.55. The maximum Gasteiger partial charge on any atom is 0.222 e. The quantitative estimate of drug-likeness (QED) is 0.868. The van der Waals surface area contributed by atoms with Crippen LogP contribution in [0.3, 0.4) is 0 Å². The van der Waals surface area contributed by atoms with Crippen LogP contribution < -0.4 is 10.1 Å². The van der Waals surface area contributed by atoms with Crippen molar-refractivity contribution >= 4 is 5.91 Å². The highest BCUT2D eigenvalue weighted by molar-refractivity contribution is 5.76. The fourth-order valence-corrected chi connectivity index (χ4v) is 2.39. The van der Waals surface area contributed by atoms with Gasteiger partial charge in [-0.3, -0.25) is 4.79 Å². The summed E-state index contributed by atoms with van der Waals surface area (Å²) in [4.78, 5) is 11.8. The summed E-state index contributed by atoms with van der Waals surface area (Å²) < 4.78 is 10.7. The Balaban J connectivity index is 1.65. The number of amides is 1. The van der Waals surface area contributed by atoms with Crippen LogP contribution >= 0.6 is 0 Å². The summed E-state index contributed by atoms with van der Waals surface area (Å²) in [7, 11) is 1.66. The van der Waals surface area contributed by atoms with Gasteiger partial charge in [0.1, 0.15) is 5.75 Å². The predicted octanol–water partition coefficient (Wildman–Crippen LogP) is 2.31. The first-order valence-corrected chi connectivity index (χ1v) is 7.29. The molecule has 4 nitrogen and oxygen atoms in total. The zero-order chi connectivity index (χ0) is 14.2. The average Bonchev–Trinajstić information content (AvgIpc) is 2.49. The van der Waals surface area contributed by atoms with Crippen molar-refractivity contribution in [2.24, 2.45) is 0 Å². The summed E-state index contributed by atoms with van der Waals surface area (Å²) in [5, 5.41) is 2.96. The van der Waals surface area contributed by atoms with E-state index in [1.807, 2.05) is 24.3 Å². The van der Waals surface area contributed by atoms with Gasteiger partial charge in [-0.05, 0) is 43.4 Å². The molecule has 1 aliphatic rings. The van der Waals surface area contributed by atoms with Crippen LogP contribution in [0.5, 0.6) is 5.75 Å². The highest BCUT2D eigenvalue weighted by atomic mass is 16.5. The maximum absolute atomic E-state index is 11.8. The Morgan fingerprint density at radius 3 is 2.80 bits per heavy atom. The monoisotopic (exact) mass is 277 g/mol. The molecule has 0 saturated carbocycles. The molecule has 0 radical (unpaired) electrons. The third-order valence-corrected chi connectivity index (χ3v) is 3.58. The second-order valence-electron chi connectivity index (χ2n) is 5.14. The summed E-state index contributed by atoms with van der Waals surface area (Å²) in [5.74, 6) is 0.942. The van der Waals surface area contributed by atoms with Crippen LogP contribution in [-0.4, -0.2) is 32.3 Å². The van der Waals surface area contributed by atoms with Crippen LogP contribution in [0.1, 0.15) is 31.2 Å². The lowest BCUT2D eigenvalue weighted by atomic mass is 10.1. The highest BCUT2D eigenvalue weighted by Gasteiger charge is 2.17. The summed E-state index contributed by atoms with van der Waals surface area (Å²) in [6.07, 6.45) is 4.74. The van der Waals surface area contributed by atoms with Crippen molar-refractivity contribution in [3.05, 3.63) is 29.8 Å². The summed E-state index contributed by atoms with van der Waals surface area (Å²) >= 11 is 0. The summed E-state index contributed by atoms with van der Waals surface area (Å²) in [6, 6.07) is 7.92. The molecule has 1 fully saturated rings. The van der Waals surface area contributed by atoms with E-state index in [2.05, 4.69) is 5.32 Å². The number of carbonyl (C=O) groups is 1. The number of hydrogen-bond donors (Lipinski definition) is 1. The van der Waals surface area contributed by atoms with Gasteiger partial charge < -0.3 is 14.8 Å². The molecule has 110 valence electrons. The molecule has 20 heavy (non-hydrogen) atoms. The lowest BCUT2D eigenvalue weighted by Crippen LogP contribution is -2.31. The van der Waals surface area contributed by atoms with Crippen LogP contribution in [-0.2, 0) is 16.0 Å². The minimum atomic E-state index is 0.0883. The second-order valence-corrected chi connectivity index (χ2v) is 5.14. The molecule has 1 atom stereocenters. The molecule has 0 spiro atoms. The minimum Gasteiger partial charge on any atom is -0.497 e. The first kappa shape index (κ1) is 14.9. The number of carbonyl (C=O) groups excluding carboxylic acids is 1. The molecule has 1 unspecified atom stereocenters. The molecule has 1 aromatic carbocycles. The SMILES string of the molecule is COc1ccc(CCNC(=O)CC2CCCCO2)cc1. The minimum absolute atomic E-state index is 0.0883. The fourth-order valence-electron chi connectivity index (χ4n) is 2.39. The van der Waals surface area contributed by atoms with Crippen molar-refractivity contribution in [2.75, 3.05) is 20.3 Å². The molecule has 0 aliphatic carbocycles. The van der Waals surface area contributed by atoms with Crippen molar-refractivity contribution in [3.63, 3.8) is 0 Å². The molecule has 0 bridgehead atoms. The molecule has 2 rings (SSSR count). The zero-order valence-corrected chi connectivity index (χ0v) is 12.1. The lowest BCUT2D eigenvalue weighted by molar-refractivity contribution is -0.124. The zero-order valence-electron chi connectivity index (χ0n) is 12.1. The van der Waals surface area contributed by atoms with Gasteiger partial charge in [0.2, 0.25) is 5.91 Å². The molecular formula is C16H23NO3. The summed E-state index contributed by atoms with van der Waals surface area (Å²) in [6.45, 7) is 1.46. The normalized spacial score (nSPS) is 18.6. The van der Waals surface area contributed by atoms with E-state index in [0.29, 0.717) is 13.0 Å². The third-order valence-electron chi connectivity index (χ3n) is 3.58. The van der Waals surface area contributed by atoms with E-state index >= 15 is 0 Å². The first-order valence-electron chi connectivity index (χ1n) is 7.29. The van der Waals surface area contributed by atoms with Crippen LogP contribution in [0.2, 0.25) is 0 Å². The standard InChI is InChI=1S/C16H23NO3/c1-19-14-7-5-13(6-8-14)9-10-17-16(18)12-15-4-2-3-11-20-15/h5-8,15H,2-4,9-12H2,1H3,(H,17,18). The van der Waals surface area contributed by atoms with E-state index < -0.39 is 0 Å². The van der Waals surface area contributed by atoms with Gasteiger partial charge in [-0.2, -0.15) is 0 Å². The van der Waals surface area contributed by atoms with Crippen molar-refractivity contribution in [1.82, 2.24) is 5.32 Å². The van der Waals surface area contributed by atoms with Gasteiger partial charge in [0.05, 0.1) is 19.6 Å². The van der Waals surface area contributed by atoms with E-state index in [-0.39, 0.29) is 12.0 Å². The Morgan fingerprint density at radius 2 is 2.15 bits per heavy atom. The molecule has 1 N–H and O–H groups in total. The van der Waals surface area contributed by atoms with Crippen LogP contribution in [0.25, 0.3) is 0 Å². The van der Waals surface area contributed by atoms with E-state index in [1.54, 1.807) is 7.11 Å². The lowest BCUT2D eigenvalue weighted by Gasteiger charge is -2.21.